The maximum Gasteiger partial charge on any atom is 0.224 e. The summed E-state index contributed by atoms with van der Waals surface area (Å²) in [5, 5.41) is 3.65. The van der Waals surface area contributed by atoms with E-state index in [9.17, 15) is 13.2 Å². The Morgan fingerprint density at radius 3 is 2.80 bits per heavy atom. The van der Waals surface area contributed by atoms with Gasteiger partial charge in [0.15, 0.2) is 9.84 Å². The van der Waals surface area contributed by atoms with Gasteiger partial charge in [0, 0.05) is 17.0 Å². The van der Waals surface area contributed by atoms with Gasteiger partial charge >= 0.3 is 0 Å². The van der Waals surface area contributed by atoms with E-state index in [1.54, 1.807) is 0 Å². The summed E-state index contributed by atoms with van der Waals surface area (Å²) in [5.74, 6) is -0.0715. The number of nitrogens with one attached hydrogen (secondary N) is 1. The molecule has 1 amide bonds. The van der Waals surface area contributed by atoms with Gasteiger partial charge in [-0.05, 0) is 30.5 Å². The van der Waals surface area contributed by atoms with Crippen molar-refractivity contribution in [2.45, 2.75) is 24.8 Å². The maximum absolute atomic E-state index is 12.0. The fraction of sp³-hybridized carbons (Fsp3) is 0.500. The van der Waals surface area contributed by atoms with Crippen molar-refractivity contribution in [2.24, 2.45) is 5.92 Å². The van der Waals surface area contributed by atoms with E-state index in [0.717, 1.165) is 12.0 Å². The minimum atomic E-state index is -3.01. The molecular weight excluding hydrogens is 298 g/mol. The fourth-order valence-corrected chi connectivity index (χ4v) is 4.70. The second-order valence-corrected chi connectivity index (χ2v) is 8.28. The van der Waals surface area contributed by atoms with Crippen molar-refractivity contribution < 1.29 is 13.2 Å². The summed E-state index contributed by atoms with van der Waals surface area (Å²) >= 11 is 5.95. The van der Waals surface area contributed by atoms with Gasteiger partial charge in [0.05, 0.1) is 17.4 Å². The van der Waals surface area contributed by atoms with Gasteiger partial charge < -0.3 is 5.32 Å². The number of hydrogen-bond acceptors (Lipinski definition) is 3. The monoisotopic (exact) mass is 313 g/mol. The second kappa shape index (κ2) is 5.04. The molecule has 20 heavy (non-hydrogen) atoms. The molecule has 1 heterocycles. The number of amides is 1. The lowest BCUT2D eigenvalue weighted by Gasteiger charge is -2.09. The molecule has 108 valence electrons. The molecule has 2 fully saturated rings. The van der Waals surface area contributed by atoms with Crippen LogP contribution in [0.15, 0.2) is 24.3 Å². The number of carbonyl (C=O) groups excluding carboxylic acids is 1. The quantitative estimate of drug-likeness (QED) is 0.924. The average Bonchev–Trinajstić information content (AvgIpc) is 3.04. The maximum atomic E-state index is 12.0. The molecule has 3 atom stereocenters. The SMILES string of the molecule is O=C(N[C@@H]1C[C@H]1c1cccc(Cl)c1)[C@H]1CCS(=O)(=O)C1. The molecule has 1 aliphatic carbocycles. The molecule has 4 nitrogen and oxygen atoms in total. The molecule has 1 saturated carbocycles. The summed E-state index contributed by atoms with van der Waals surface area (Å²) in [6, 6.07) is 7.76. The van der Waals surface area contributed by atoms with Crippen molar-refractivity contribution in [3.63, 3.8) is 0 Å². The Labute approximate surface area is 123 Å². The molecule has 1 aromatic rings. The Bertz CT molecular complexity index is 644. The molecule has 0 bridgehead atoms. The van der Waals surface area contributed by atoms with Crippen LogP contribution in [0.25, 0.3) is 0 Å². The van der Waals surface area contributed by atoms with E-state index >= 15 is 0 Å². The predicted molar refractivity (Wildman–Crippen MR) is 77.5 cm³/mol. The van der Waals surface area contributed by atoms with Crippen molar-refractivity contribution >= 4 is 27.3 Å². The Kier molecular flexibility index (Phi) is 3.50. The normalized spacial score (nSPS) is 30.9. The molecule has 0 unspecified atom stereocenters. The largest absolute Gasteiger partial charge is 0.352 e. The summed E-state index contributed by atoms with van der Waals surface area (Å²) in [6.07, 6.45) is 1.34. The fourth-order valence-electron chi connectivity index (χ4n) is 2.76. The number of rotatable bonds is 3. The first-order chi connectivity index (χ1) is 9.44. The van der Waals surface area contributed by atoms with Crippen LogP contribution in [-0.2, 0) is 14.6 Å². The lowest BCUT2D eigenvalue weighted by molar-refractivity contribution is -0.124. The van der Waals surface area contributed by atoms with Crippen LogP contribution in [0.1, 0.15) is 24.3 Å². The molecule has 0 spiro atoms. The van der Waals surface area contributed by atoms with Crippen molar-refractivity contribution in [1.82, 2.24) is 5.32 Å². The molecule has 2 aliphatic rings. The summed E-state index contributed by atoms with van der Waals surface area (Å²) in [6.45, 7) is 0. The lowest BCUT2D eigenvalue weighted by atomic mass is 10.1. The van der Waals surface area contributed by atoms with Gasteiger partial charge in [0.1, 0.15) is 0 Å². The number of carbonyl (C=O) groups is 1. The molecule has 0 aromatic heterocycles. The third-order valence-electron chi connectivity index (χ3n) is 4.00. The highest BCUT2D eigenvalue weighted by atomic mass is 35.5. The van der Waals surface area contributed by atoms with Crippen molar-refractivity contribution in [2.75, 3.05) is 11.5 Å². The van der Waals surface area contributed by atoms with Crippen LogP contribution < -0.4 is 5.32 Å². The topological polar surface area (TPSA) is 63.2 Å². The number of sulfone groups is 1. The predicted octanol–water partition coefficient (Wildman–Crippen LogP) is 1.75. The third kappa shape index (κ3) is 2.99. The van der Waals surface area contributed by atoms with Crippen molar-refractivity contribution in [1.29, 1.82) is 0 Å². The summed E-state index contributed by atoms with van der Waals surface area (Å²) in [4.78, 5) is 12.0. The van der Waals surface area contributed by atoms with Gasteiger partial charge in [-0.25, -0.2) is 8.42 Å². The highest BCUT2D eigenvalue weighted by Crippen LogP contribution is 2.41. The van der Waals surface area contributed by atoms with Gasteiger partial charge in [-0.1, -0.05) is 23.7 Å². The van der Waals surface area contributed by atoms with E-state index in [1.165, 1.54) is 0 Å². The van der Waals surface area contributed by atoms with Gasteiger partial charge in [-0.15, -0.1) is 0 Å². The Morgan fingerprint density at radius 1 is 1.35 bits per heavy atom. The zero-order valence-electron chi connectivity index (χ0n) is 10.9. The molecule has 1 aromatic carbocycles. The summed E-state index contributed by atoms with van der Waals surface area (Å²) < 4.78 is 22.8. The number of hydrogen-bond donors (Lipinski definition) is 1. The number of halogens is 1. The van der Waals surface area contributed by atoms with Crippen LogP contribution >= 0.6 is 11.6 Å². The van der Waals surface area contributed by atoms with Gasteiger partial charge in [-0.3, -0.25) is 4.79 Å². The van der Waals surface area contributed by atoms with E-state index in [4.69, 9.17) is 11.6 Å². The zero-order valence-corrected chi connectivity index (χ0v) is 12.5. The zero-order chi connectivity index (χ0) is 14.3. The van der Waals surface area contributed by atoms with Crippen molar-refractivity contribution in [3.05, 3.63) is 34.9 Å². The highest BCUT2D eigenvalue weighted by molar-refractivity contribution is 7.91. The minimum Gasteiger partial charge on any atom is -0.352 e. The molecular formula is C14H16ClNO3S. The minimum absolute atomic E-state index is 0.00656. The van der Waals surface area contributed by atoms with Gasteiger partial charge in [-0.2, -0.15) is 0 Å². The second-order valence-electron chi connectivity index (χ2n) is 5.61. The van der Waals surface area contributed by atoms with E-state index in [0.29, 0.717) is 17.4 Å². The van der Waals surface area contributed by atoms with Crippen LogP contribution in [0.3, 0.4) is 0 Å². The Morgan fingerprint density at radius 2 is 2.15 bits per heavy atom. The summed E-state index contributed by atoms with van der Waals surface area (Å²) in [5.41, 5.74) is 1.13. The van der Waals surface area contributed by atoms with E-state index in [2.05, 4.69) is 5.32 Å². The van der Waals surface area contributed by atoms with E-state index in [-0.39, 0.29) is 29.4 Å². The van der Waals surface area contributed by atoms with Gasteiger partial charge in [0.25, 0.3) is 0 Å². The molecule has 1 N–H and O–H groups in total. The van der Waals surface area contributed by atoms with Crippen LogP contribution in [0.4, 0.5) is 0 Å². The highest BCUT2D eigenvalue weighted by Gasteiger charge is 2.42. The first-order valence-electron chi connectivity index (χ1n) is 6.71. The Hall–Kier alpha value is -1.07. The van der Waals surface area contributed by atoms with Crippen LogP contribution in [0, 0.1) is 5.92 Å². The molecule has 6 heteroatoms. The van der Waals surface area contributed by atoms with Crippen LogP contribution in [0.2, 0.25) is 5.02 Å². The molecule has 0 radical (unpaired) electrons. The van der Waals surface area contributed by atoms with Gasteiger partial charge in [0.2, 0.25) is 5.91 Å². The standard InChI is InChI=1S/C14H16ClNO3S/c15-11-3-1-2-9(6-11)12-7-13(12)16-14(17)10-4-5-20(18,19)8-10/h1-3,6,10,12-13H,4-5,7-8H2,(H,16,17)/t10-,12-,13+/m0/s1. The van der Waals surface area contributed by atoms with E-state index in [1.807, 2.05) is 24.3 Å². The van der Waals surface area contributed by atoms with Crippen LogP contribution in [0.5, 0.6) is 0 Å². The molecule has 1 saturated heterocycles. The molecule has 1 aliphatic heterocycles. The number of benzene rings is 1. The average molecular weight is 314 g/mol. The first-order valence-corrected chi connectivity index (χ1v) is 8.91. The van der Waals surface area contributed by atoms with Crippen LogP contribution in [-0.4, -0.2) is 31.9 Å². The summed E-state index contributed by atoms with van der Waals surface area (Å²) in [7, 11) is -3.01. The van der Waals surface area contributed by atoms with E-state index < -0.39 is 9.84 Å². The third-order valence-corrected chi connectivity index (χ3v) is 6.00. The lowest BCUT2D eigenvalue weighted by Crippen LogP contribution is -2.33. The molecule has 3 rings (SSSR count). The Balaban J connectivity index is 1.57. The van der Waals surface area contributed by atoms with Crippen molar-refractivity contribution in [3.8, 4) is 0 Å². The first kappa shape index (κ1) is 13.9. The smallest absolute Gasteiger partial charge is 0.224 e.